The highest BCUT2D eigenvalue weighted by Crippen LogP contribution is 2.05. The van der Waals surface area contributed by atoms with E-state index < -0.39 is 0 Å². The van der Waals surface area contributed by atoms with Crippen LogP contribution in [0.5, 0.6) is 0 Å². The molecule has 0 spiro atoms. The van der Waals surface area contributed by atoms with Gasteiger partial charge in [0, 0.05) is 5.88 Å². The summed E-state index contributed by atoms with van der Waals surface area (Å²) in [5.74, 6) is 0.818. The van der Waals surface area contributed by atoms with Crippen LogP contribution in [0.4, 0.5) is 0 Å². The van der Waals surface area contributed by atoms with Gasteiger partial charge in [0.15, 0.2) is 0 Å². The third-order valence-corrected chi connectivity index (χ3v) is 3.35. The zero-order valence-electron chi connectivity index (χ0n) is 12.2. The molecule has 18 heavy (non-hydrogen) atoms. The minimum absolute atomic E-state index is 0.818. The van der Waals surface area contributed by atoms with Crippen molar-refractivity contribution in [3.8, 4) is 0 Å². The Balaban J connectivity index is 3.14. The Morgan fingerprint density at radius 1 is 0.667 bits per heavy atom. The molecule has 0 saturated heterocycles. The van der Waals surface area contributed by atoms with Gasteiger partial charge in [-0.25, -0.2) is 0 Å². The van der Waals surface area contributed by atoms with E-state index in [2.05, 4.69) is 31.2 Å². The lowest BCUT2D eigenvalue weighted by Crippen LogP contribution is -1.77. The molecule has 0 saturated carbocycles. The summed E-state index contributed by atoms with van der Waals surface area (Å²) in [4.78, 5) is 0. The van der Waals surface area contributed by atoms with Crippen molar-refractivity contribution >= 4 is 11.6 Å². The first-order valence-electron chi connectivity index (χ1n) is 7.77. The van der Waals surface area contributed by atoms with Crippen LogP contribution in [0.1, 0.15) is 77.6 Å². The second-order valence-electron chi connectivity index (χ2n) is 4.92. The highest BCUT2D eigenvalue weighted by molar-refractivity contribution is 6.17. The Morgan fingerprint density at radius 3 is 1.78 bits per heavy atom. The lowest BCUT2D eigenvalue weighted by Gasteiger charge is -1.95. The van der Waals surface area contributed by atoms with Gasteiger partial charge in [-0.3, -0.25) is 0 Å². The second-order valence-corrected chi connectivity index (χ2v) is 5.30. The van der Waals surface area contributed by atoms with Crippen LogP contribution in [-0.4, -0.2) is 5.88 Å². The molecule has 0 heterocycles. The zero-order chi connectivity index (χ0) is 13.3. The van der Waals surface area contributed by atoms with Crippen molar-refractivity contribution in [2.75, 3.05) is 5.88 Å². The maximum absolute atomic E-state index is 5.63. The Labute approximate surface area is 120 Å². The first-order valence-corrected chi connectivity index (χ1v) is 8.31. The van der Waals surface area contributed by atoms with Crippen molar-refractivity contribution in [3.63, 3.8) is 0 Å². The van der Waals surface area contributed by atoms with Crippen molar-refractivity contribution in [3.05, 3.63) is 24.3 Å². The molecule has 0 nitrogen and oxygen atoms in total. The van der Waals surface area contributed by atoms with Gasteiger partial charge in [-0.05, 0) is 38.5 Å². The van der Waals surface area contributed by atoms with E-state index in [0.29, 0.717) is 0 Å². The summed E-state index contributed by atoms with van der Waals surface area (Å²) < 4.78 is 0. The summed E-state index contributed by atoms with van der Waals surface area (Å²) >= 11 is 5.63. The third kappa shape index (κ3) is 15.8. The molecule has 0 aromatic heterocycles. The lowest BCUT2D eigenvalue weighted by atomic mass is 10.1. The molecule has 0 aliphatic heterocycles. The standard InChI is InChI=1S/C17H31Cl/c1-2-3-4-5-6-7-8-9-10-11-12-13-14-15-16-17-18/h7-8,10-11H,2-6,9,12-17H2,1H3/b8-7-,11-10-. The number of allylic oxidation sites excluding steroid dienone is 4. The zero-order valence-corrected chi connectivity index (χ0v) is 12.9. The Bertz CT molecular complexity index is 194. The Morgan fingerprint density at radius 2 is 1.22 bits per heavy atom. The van der Waals surface area contributed by atoms with E-state index >= 15 is 0 Å². The van der Waals surface area contributed by atoms with Gasteiger partial charge >= 0.3 is 0 Å². The predicted molar refractivity (Wildman–Crippen MR) is 85.5 cm³/mol. The number of rotatable bonds is 13. The van der Waals surface area contributed by atoms with Crippen LogP contribution in [0.15, 0.2) is 24.3 Å². The Kier molecular flexibility index (Phi) is 16.6. The van der Waals surface area contributed by atoms with Crippen LogP contribution in [0.2, 0.25) is 0 Å². The van der Waals surface area contributed by atoms with Crippen LogP contribution in [0.25, 0.3) is 0 Å². The summed E-state index contributed by atoms with van der Waals surface area (Å²) in [5.41, 5.74) is 0. The molecule has 0 aromatic carbocycles. The maximum Gasteiger partial charge on any atom is 0.0223 e. The number of alkyl halides is 1. The van der Waals surface area contributed by atoms with Crippen molar-refractivity contribution in [1.82, 2.24) is 0 Å². The number of hydrogen-bond acceptors (Lipinski definition) is 0. The van der Waals surface area contributed by atoms with Crippen molar-refractivity contribution < 1.29 is 0 Å². The molecule has 0 aromatic rings. The minimum Gasteiger partial charge on any atom is -0.127 e. The molecule has 0 aliphatic carbocycles. The maximum atomic E-state index is 5.63. The van der Waals surface area contributed by atoms with E-state index in [-0.39, 0.29) is 0 Å². The van der Waals surface area contributed by atoms with Crippen LogP contribution in [0, 0.1) is 0 Å². The second kappa shape index (κ2) is 16.8. The quantitative estimate of drug-likeness (QED) is 0.200. The molecule has 1 heteroatoms. The fraction of sp³-hybridized carbons (Fsp3) is 0.765. The van der Waals surface area contributed by atoms with Crippen LogP contribution in [-0.2, 0) is 0 Å². The molecular weight excluding hydrogens is 240 g/mol. The normalized spacial score (nSPS) is 11.9. The average Bonchev–Trinajstić information content (AvgIpc) is 2.39. The summed E-state index contributed by atoms with van der Waals surface area (Å²) in [7, 11) is 0. The molecule has 0 rings (SSSR count). The first kappa shape index (κ1) is 17.8. The van der Waals surface area contributed by atoms with Gasteiger partial charge in [0.05, 0.1) is 0 Å². The van der Waals surface area contributed by atoms with E-state index in [4.69, 9.17) is 11.6 Å². The third-order valence-electron chi connectivity index (χ3n) is 3.08. The first-order chi connectivity index (χ1) is 8.91. The number of hydrogen-bond donors (Lipinski definition) is 0. The summed E-state index contributed by atoms with van der Waals surface area (Å²) in [5, 5.41) is 0. The summed E-state index contributed by atoms with van der Waals surface area (Å²) in [6.07, 6.45) is 23.4. The molecule has 0 unspecified atom stereocenters. The summed E-state index contributed by atoms with van der Waals surface area (Å²) in [6, 6.07) is 0. The largest absolute Gasteiger partial charge is 0.127 e. The van der Waals surface area contributed by atoms with Gasteiger partial charge in [0.1, 0.15) is 0 Å². The van der Waals surface area contributed by atoms with Gasteiger partial charge in [0.25, 0.3) is 0 Å². The number of unbranched alkanes of at least 4 members (excludes halogenated alkanes) is 8. The van der Waals surface area contributed by atoms with E-state index in [9.17, 15) is 0 Å². The van der Waals surface area contributed by atoms with E-state index in [1.54, 1.807) is 0 Å². The number of halogens is 1. The van der Waals surface area contributed by atoms with Crippen LogP contribution in [0.3, 0.4) is 0 Å². The SMILES string of the molecule is CCCCCC/C=C\C/C=C\CCCCCCCl. The Hall–Kier alpha value is -0.230. The van der Waals surface area contributed by atoms with Gasteiger partial charge in [-0.2, -0.15) is 0 Å². The van der Waals surface area contributed by atoms with Crippen molar-refractivity contribution in [1.29, 1.82) is 0 Å². The molecule has 0 amide bonds. The highest BCUT2D eigenvalue weighted by Gasteiger charge is 1.86. The van der Waals surface area contributed by atoms with Crippen LogP contribution >= 0.6 is 11.6 Å². The topological polar surface area (TPSA) is 0 Å². The average molecular weight is 271 g/mol. The van der Waals surface area contributed by atoms with Crippen LogP contribution < -0.4 is 0 Å². The molecule has 106 valence electrons. The van der Waals surface area contributed by atoms with Crippen molar-refractivity contribution in [2.24, 2.45) is 0 Å². The molecule has 0 fully saturated rings. The predicted octanol–water partition coefficient (Wildman–Crippen LogP) is 6.65. The van der Waals surface area contributed by atoms with Gasteiger partial charge in [0.2, 0.25) is 0 Å². The smallest absolute Gasteiger partial charge is 0.0223 e. The van der Waals surface area contributed by atoms with E-state index in [0.717, 1.165) is 12.3 Å². The molecule has 0 bridgehead atoms. The molecule has 0 N–H and O–H groups in total. The summed E-state index contributed by atoms with van der Waals surface area (Å²) in [6.45, 7) is 2.26. The fourth-order valence-electron chi connectivity index (χ4n) is 1.91. The van der Waals surface area contributed by atoms with E-state index in [1.165, 1.54) is 64.2 Å². The molecule has 0 atom stereocenters. The van der Waals surface area contributed by atoms with Gasteiger partial charge < -0.3 is 0 Å². The molecular formula is C17H31Cl. The highest BCUT2D eigenvalue weighted by atomic mass is 35.5. The van der Waals surface area contributed by atoms with E-state index in [1.807, 2.05) is 0 Å². The molecule has 0 aliphatic rings. The minimum atomic E-state index is 0.818. The fourth-order valence-corrected chi connectivity index (χ4v) is 2.09. The van der Waals surface area contributed by atoms with Gasteiger partial charge in [-0.15, -0.1) is 11.6 Å². The van der Waals surface area contributed by atoms with Gasteiger partial charge in [-0.1, -0.05) is 63.3 Å². The van der Waals surface area contributed by atoms with Crippen molar-refractivity contribution in [2.45, 2.75) is 77.6 Å². The monoisotopic (exact) mass is 270 g/mol. The lowest BCUT2D eigenvalue weighted by molar-refractivity contribution is 0.674. The molecule has 0 radical (unpaired) electrons.